The number of halogens is 1. The molecule has 0 aromatic heterocycles. The Morgan fingerprint density at radius 3 is 2.33 bits per heavy atom. The highest BCUT2D eigenvalue weighted by atomic mass is 79.9. The van der Waals surface area contributed by atoms with Gasteiger partial charge in [0.25, 0.3) is 0 Å². The fourth-order valence-electron chi connectivity index (χ4n) is 1.83. The summed E-state index contributed by atoms with van der Waals surface area (Å²) in [5, 5.41) is 9.02. The van der Waals surface area contributed by atoms with E-state index in [1.165, 1.54) is 5.56 Å². The Bertz CT molecular complexity index is 510. The SMILES string of the molecule is CN(Cc1ccccc1Br)c1ccc(CO)cc1. The number of rotatable bonds is 4. The number of hydrogen-bond donors (Lipinski definition) is 1. The van der Waals surface area contributed by atoms with Crippen molar-refractivity contribution in [2.45, 2.75) is 13.2 Å². The van der Waals surface area contributed by atoms with Crippen molar-refractivity contribution in [3.05, 3.63) is 64.1 Å². The summed E-state index contributed by atoms with van der Waals surface area (Å²) in [4.78, 5) is 2.18. The molecule has 0 radical (unpaired) electrons. The van der Waals surface area contributed by atoms with Gasteiger partial charge in [0.1, 0.15) is 0 Å². The first-order chi connectivity index (χ1) is 8.70. The maximum atomic E-state index is 9.02. The number of hydrogen-bond acceptors (Lipinski definition) is 2. The van der Waals surface area contributed by atoms with Gasteiger partial charge in [0.15, 0.2) is 0 Å². The number of aliphatic hydroxyl groups is 1. The van der Waals surface area contributed by atoms with Crippen LogP contribution in [0.2, 0.25) is 0 Å². The molecule has 0 bridgehead atoms. The van der Waals surface area contributed by atoms with Gasteiger partial charge in [-0.1, -0.05) is 46.3 Å². The molecular weight excluding hydrogens is 290 g/mol. The molecule has 1 N–H and O–H groups in total. The van der Waals surface area contributed by atoms with E-state index in [1.54, 1.807) is 0 Å². The van der Waals surface area contributed by atoms with Gasteiger partial charge >= 0.3 is 0 Å². The molecular formula is C15H16BrNO. The van der Waals surface area contributed by atoms with Crippen LogP contribution in [-0.4, -0.2) is 12.2 Å². The molecule has 0 amide bonds. The van der Waals surface area contributed by atoms with Crippen molar-refractivity contribution in [3.63, 3.8) is 0 Å². The first kappa shape index (κ1) is 13.1. The third-order valence-electron chi connectivity index (χ3n) is 2.93. The molecule has 3 heteroatoms. The fraction of sp³-hybridized carbons (Fsp3) is 0.200. The van der Waals surface area contributed by atoms with Crippen LogP contribution in [0.5, 0.6) is 0 Å². The monoisotopic (exact) mass is 305 g/mol. The molecule has 2 aromatic rings. The van der Waals surface area contributed by atoms with Crippen LogP contribution < -0.4 is 4.90 Å². The molecule has 0 spiro atoms. The van der Waals surface area contributed by atoms with Gasteiger partial charge in [-0.2, -0.15) is 0 Å². The van der Waals surface area contributed by atoms with Crippen LogP contribution in [0.4, 0.5) is 5.69 Å². The molecule has 94 valence electrons. The van der Waals surface area contributed by atoms with E-state index in [2.05, 4.69) is 40.0 Å². The van der Waals surface area contributed by atoms with Crippen LogP contribution in [0.25, 0.3) is 0 Å². The summed E-state index contributed by atoms with van der Waals surface area (Å²) in [7, 11) is 2.06. The van der Waals surface area contributed by atoms with Crippen LogP contribution in [0.3, 0.4) is 0 Å². The lowest BCUT2D eigenvalue weighted by molar-refractivity contribution is 0.282. The summed E-state index contributed by atoms with van der Waals surface area (Å²) in [5.41, 5.74) is 3.34. The van der Waals surface area contributed by atoms with Crippen molar-refractivity contribution in [2.24, 2.45) is 0 Å². The largest absolute Gasteiger partial charge is 0.392 e. The van der Waals surface area contributed by atoms with E-state index in [-0.39, 0.29) is 6.61 Å². The van der Waals surface area contributed by atoms with Crippen LogP contribution >= 0.6 is 15.9 Å². The van der Waals surface area contributed by atoms with E-state index in [1.807, 2.05) is 36.4 Å². The smallest absolute Gasteiger partial charge is 0.0681 e. The zero-order valence-electron chi connectivity index (χ0n) is 10.3. The van der Waals surface area contributed by atoms with Gasteiger partial charge in [0, 0.05) is 23.8 Å². The van der Waals surface area contributed by atoms with Crippen molar-refractivity contribution in [1.29, 1.82) is 0 Å². The van der Waals surface area contributed by atoms with Crippen molar-refractivity contribution < 1.29 is 5.11 Å². The fourth-order valence-corrected chi connectivity index (χ4v) is 2.24. The topological polar surface area (TPSA) is 23.5 Å². The molecule has 0 fully saturated rings. The molecule has 0 heterocycles. The molecule has 0 atom stereocenters. The summed E-state index contributed by atoms with van der Waals surface area (Å²) in [6.07, 6.45) is 0. The van der Waals surface area contributed by atoms with Gasteiger partial charge in [-0.25, -0.2) is 0 Å². The van der Waals surface area contributed by atoms with Crippen LogP contribution in [0, 0.1) is 0 Å². The predicted octanol–water partition coefficient (Wildman–Crippen LogP) is 3.58. The molecule has 2 nitrogen and oxygen atoms in total. The van der Waals surface area contributed by atoms with Crippen LogP contribution in [0.15, 0.2) is 53.0 Å². The Labute approximate surface area is 116 Å². The minimum atomic E-state index is 0.0915. The van der Waals surface area contributed by atoms with Gasteiger partial charge in [0.05, 0.1) is 6.61 Å². The molecule has 0 unspecified atom stereocenters. The lowest BCUT2D eigenvalue weighted by atomic mass is 10.2. The first-order valence-electron chi connectivity index (χ1n) is 5.85. The maximum Gasteiger partial charge on any atom is 0.0681 e. The third kappa shape index (κ3) is 3.12. The Hall–Kier alpha value is -1.32. The summed E-state index contributed by atoms with van der Waals surface area (Å²) in [6.45, 7) is 0.939. The quantitative estimate of drug-likeness (QED) is 0.933. The third-order valence-corrected chi connectivity index (χ3v) is 3.70. The van der Waals surface area contributed by atoms with Gasteiger partial charge in [-0.3, -0.25) is 0 Å². The maximum absolute atomic E-state index is 9.02. The average molecular weight is 306 g/mol. The van der Waals surface area contributed by atoms with Gasteiger partial charge in [-0.05, 0) is 29.3 Å². The zero-order chi connectivity index (χ0) is 13.0. The second-order valence-corrected chi connectivity index (χ2v) is 5.13. The van der Waals surface area contributed by atoms with E-state index in [9.17, 15) is 0 Å². The van der Waals surface area contributed by atoms with Crippen molar-refractivity contribution in [3.8, 4) is 0 Å². The van der Waals surface area contributed by atoms with Crippen molar-refractivity contribution >= 4 is 21.6 Å². The second-order valence-electron chi connectivity index (χ2n) is 4.27. The molecule has 18 heavy (non-hydrogen) atoms. The minimum absolute atomic E-state index is 0.0915. The Morgan fingerprint density at radius 1 is 1.06 bits per heavy atom. The number of anilines is 1. The van der Waals surface area contributed by atoms with Crippen molar-refractivity contribution in [2.75, 3.05) is 11.9 Å². The zero-order valence-corrected chi connectivity index (χ0v) is 11.9. The highest BCUT2D eigenvalue weighted by molar-refractivity contribution is 9.10. The molecule has 0 aliphatic carbocycles. The van der Waals surface area contributed by atoms with Gasteiger partial charge in [0.2, 0.25) is 0 Å². The molecule has 2 rings (SSSR count). The van der Waals surface area contributed by atoms with Gasteiger partial charge in [-0.15, -0.1) is 0 Å². The molecule has 0 aliphatic heterocycles. The lowest BCUT2D eigenvalue weighted by Gasteiger charge is -2.20. The standard InChI is InChI=1S/C15H16BrNO/c1-17(10-13-4-2-3-5-15(13)16)14-8-6-12(11-18)7-9-14/h2-9,18H,10-11H2,1H3. The second kappa shape index (κ2) is 6.03. The molecule has 0 saturated heterocycles. The molecule has 0 aliphatic rings. The molecule has 2 aromatic carbocycles. The van der Waals surface area contributed by atoms with E-state index >= 15 is 0 Å². The summed E-state index contributed by atoms with van der Waals surface area (Å²) in [5.74, 6) is 0. The Morgan fingerprint density at radius 2 is 1.72 bits per heavy atom. The summed E-state index contributed by atoms with van der Waals surface area (Å²) in [6, 6.07) is 16.2. The van der Waals surface area contributed by atoms with E-state index < -0.39 is 0 Å². The number of benzene rings is 2. The highest BCUT2D eigenvalue weighted by Crippen LogP contribution is 2.21. The minimum Gasteiger partial charge on any atom is -0.392 e. The highest BCUT2D eigenvalue weighted by Gasteiger charge is 2.04. The van der Waals surface area contributed by atoms with Crippen LogP contribution in [-0.2, 0) is 13.2 Å². The first-order valence-corrected chi connectivity index (χ1v) is 6.64. The van der Waals surface area contributed by atoms with Crippen molar-refractivity contribution in [1.82, 2.24) is 0 Å². The van der Waals surface area contributed by atoms with Gasteiger partial charge < -0.3 is 10.0 Å². The normalized spacial score (nSPS) is 10.4. The summed E-state index contributed by atoms with van der Waals surface area (Å²) >= 11 is 3.56. The average Bonchev–Trinajstić information content (AvgIpc) is 2.41. The Balaban J connectivity index is 2.11. The van der Waals surface area contributed by atoms with E-state index in [0.29, 0.717) is 0 Å². The number of aliphatic hydroxyl groups excluding tert-OH is 1. The van der Waals surface area contributed by atoms with E-state index in [0.717, 1.165) is 22.3 Å². The lowest BCUT2D eigenvalue weighted by Crippen LogP contribution is -2.16. The summed E-state index contributed by atoms with van der Waals surface area (Å²) < 4.78 is 1.13. The molecule has 0 saturated carbocycles. The Kier molecular flexibility index (Phi) is 4.39. The predicted molar refractivity (Wildman–Crippen MR) is 78.6 cm³/mol. The number of nitrogens with zero attached hydrogens (tertiary/aromatic N) is 1. The van der Waals surface area contributed by atoms with E-state index in [4.69, 9.17) is 5.11 Å². The van der Waals surface area contributed by atoms with Crippen LogP contribution in [0.1, 0.15) is 11.1 Å².